The van der Waals surface area contributed by atoms with Crippen LogP contribution in [0, 0.1) is 0 Å². The molecule has 1 atom stereocenters. The Labute approximate surface area is 210 Å². The Balaban J connectivity index is 1.97. The highest BCUT2D eigenvalue weighted by molar-refractivity contribution is 7.07. The highest BCUT2D eigenvalue weighted by atomic mass is 32.1. The second kappa shape index (κ2) is 10.2. The molecule has 1 aromatic heterocycles. The molecule has 0 bridgehead atoms. The summed E-state index contributed by atoms with van der Waals surface area (Å²) in [5.41, 5.74) is 1.61. The SMILES string of the molecule is COC(=O)C1=C(C)N=c2s/c(=C/c3ccccc3OC)c(=O)n2[C@H]1c1ccc(OC(C)=O)c(OC)c1. The summed E-state index contributed by atoms with van der Waals surface area (Å²) >= 11 is 1.21. The van der Waals surface area contributed by atoms with E-state index in [2.05, 4.69) is 4.99 Å². The molecule has 2 aromatic carbocycles. The fourth-order valence-corrected chi connectivity index (χ4v) is 5.07. The molecule has 0 amide bonds. The molecule has 0 aliphatic carbocycles. The van der Waals surface area contributed by atoms with E-state index in [1.807, 2.05) is 24.3 Å². The lowest BCUT2D eigenvalue weighted by atomic mass is 9.95. The molecule has 9 nitrogen and oxygen atoms in total. The van der Waals surface area contributed by atoms with Gasteiger partial charge < -0.3 is 18.9 Å². The Morgan fingerprint density at radius 3 is 2.42 bits per heavy atom. The highest BCUT2D eigenvalue weighted by Crippen LogP contribution is 2.36. The van der Waals surface area contributed by atoms with Crippen molar-refractivity contribution in [1.29, 1.82) is 0 Å². The fourth-order valence-electron chi connectivity index (χ4n) is 4.03. The van der Waals surface area contributed by atoms with E-state index in [0.29, 0.717) is 26.3 Å². The van der Waals surface area contributed by atoms with E-state index in [9.17, 15) is 14.4 Å². The molecule has 0 saturated carbocycles. The van der Waals surface area contributed by atoms with Gasteiger partial charge in [-0.05, 0) is 36.8 Å². The number of benzene rings is 2. The summed E-state index contributed by atoms with van der Waals surface area (Å²) in [6.07, 6.45) is 1.74. The monoisotopic (exact) mass is 508 g/mol. The summed E-state index contributed by atoms with van der Waals surface area (Å²) in [7, 11) is 4.27. The molecule has 0 spiro atoms. The standard InChI is InChI=1S/C26H24N2O7S/c1-14-22(25(31)34-5)23(17-10-11-19(35-15(2)29)20(12-17)33-4)28-24(30)21(36-26(28)27-14)13-16-8-6-7-9-18(16)32-3/h6-13,23H,1-5H3/b21-13+/t23-/m0/s1. The van der Waals surface area contributed by atoms with Crippen LogP contribution in [0.1, 0.15) is 31.0 Å². The van der Waals surface area contributed by atoms with Crippen molar-refractivity contribution >= 4 is 29.4 Å². The smallest absolute Gasteiger partial charge is 0.338 e. The summed E-state index contributed by atoms with van der Waals surface area (Å²) in [5.74, 6) is 0.00661. The molecule has 3 aromatic rings. The Morgan fingerprint density at radius 2 is 1.75 bits per heavy atom. The third-order valence-electron chi connectivity index (χ3n) is 5.61. The highest BCUT2D eigenvalue weighted by Gasteiger charge is 2.33. The van der Waals surface area contributed by atoms with Gasteiger partial charge in [0.15, 0.2) is 16.3 Å². The fraction of sp³-hybridized carbons (Fsp3) is 0.231. The topological polar surface area (TPSA) is 105 Å². The van der Waals surface area contributed by atoms with E-state index in [0.717, 1.165) is 5.56 Å². The van der Waals surface area contributed by atoms with Gasteiger partial charge in [-0.2, -0.15) is 0 Å². The predicted molar refractivity (Wildman–Crippen MR) is 133 cm³/mol. The summed E-state index contributed by atoms with van der Waals surface area (Å²) in [4.78, 5) is 43.0. The first-order valence-electron chi connectivity index (χ1n) is 10.9. The van der Waals surface area contributed by atoms with Crippen LogP contribution in [0.5, 0.6) is 17.2 Å². The largest absolute Gasteiger partial charge is 0.496 e. The van der Waals surface area contributed by atoms with Gasteiger partial charge in [0.1, 0.15) is 5.75 Å². The van der Waals surface area contributed by atoms with Crippen LogP contribution in [0.2, 0.25) is 0 Å². The minimum Gasteiger partial charge on any atom is -0.496 e. The average Bonchev–Trinajstić information content (AvgIpc) is 3.17. The minimum atomic E-state index is -0.839. The summed E-state index contributed by atoms with van der Waals surface area (Å²) in [5, 5.41) is 0. The van der Waals surface area contributed by atoms with Gasteiger partial charge in [0.05, 0.1) is 43.2 Å². The number of rotatable bonds is 6. The van der Waals surface area contributed by atoms with Crippen LogP contribution in [0.25, 0.3) is 6.08 Å². The lowest BCUT2D eigenvalue weighted by Crippen LogP contribution is -2.39. The number of thiazole rings is 1. The molecule has 10 heteroatoms. The number of ether oxygens (including phenoxy) is 4. The van der Waals surface area contributed by atoms with Crippen molar-refractivity contribution in [1.82, 2.24) is 4.57 Å². The molecule has 4 rings (SSSR count). The van der Waals surface area contributed by atoms with Gasteiger partial charge in [-0.1, -0.05) is 35.6 Å². The number of aromatic nitrogens is 1. The molecule has 0 unspecified atom stereocenters. The maximum atomic E-state index is 13.7. The lowest BCUT2D eigenvalue weighted by Gasteiger charge is -2.25. The van der Waals surface area contributed by atoms with Crippen molar-refractivity contribution in [3.63, 3.8) is 0 Å². The predicted octanol–water partition coefficient (Wildman–Crippen LogP) is 2.35. The zero-order chi connectivity index (χ0) is 26.0. The lowest BCUT2D eigenvalue weighted by molar-refractivity contribution is -0.136. The van der Waals surface area contributed by atoms with E-state index in [1.54, 1.807) is 38.3 Å². The maximum absolute atomic E-state index is 13.7. The van der Waals surface area contributed by atoms with Crippen LogP contribution in [-0.2, 0) is 14.3 Å². The van der Waals surface area contributed by atoms with E-state index < -0.39 is 18.0 Å². The second-order valence-electron chi connectivity index (χ2n) is 7.82. The number of carbonyl (C=O) groups is 2. The number of fused-ring (bicyclic) bond motifs is 1. The summed E-state index contributed by atoms with van der Waals surface area (Å²) < 4.78 is 23.0. The van der Waals surface area contributed by atoms with Crippen molar-refractivity contribution in [2.75, 3.05) is 21.3 Å². The van der Waals surface area contributed by atoms with Crippen molar-refractivity contribution in [3.05, 3.63) is 84.5 Å². The van der Waals surface area contributed by atoms with Gasteiger partial charge in [-0.3, -0.25) is 14.2 Å². The molecule has 0 radical (unpaired) electrons. The molecule has 186 valence electrons. The first-order chi connectivity index (χ1) is 17.3. The number of para-hydroxylation sites is 1. The zero-order valence-corrected chi connectivity index (χ0v) is 21.2. The summed E-state index contributed by atoms with van der Waals surface area (Å²) in [6, 6.07) is 11.4. The third-order valence-corrected chi connectivity index (χ3v) is 6.59. The van der Waals surface area contributed by atoms with E-state index in [4.69, 9.17) is 18.9 Å². The second-order valence-corrected chi connectivity index (χ2v) is 8.83. The first kappa shape index (κ1) is 24.9. The maximum Gasteiger partial charge on any atom is 0.338 e. The number of hydrogen-bond acceptors (Lipinski definition) is 9. The van der Waals surface area contributed by atoms with Crippen molar-refractivity contribution in [3.8, 4) is 17.2 Å². The number of methoxy groups -OCH3 is 3. The Kier molecular flexibility index (Phi) is 7.07. The third kappa shape index (κ3) is 4.55. The van der Waals surface area contributed by atoms with Gasteiger partial charge >= 0.3 is 11.9 Å². The minimum absolute atomic E-state index is 0.219. The van der Waals surface area contributed by atoms with Crippen LogP contribution < -0.4 is 29.1 Å². The molecule has 1 aliphatic heterocycles. The molecule has 36 heavy (non-hydrogen) atoms. The Bertz CT molecular complexity index is 1570. The molecule has 0 fully saturated rings. The number of allylic oxidation sites excluding steroid dienone is 1. The number of hydrogen-bond donors (Lipinski definition) is 0. The molecule has 2 heterocycles. The summed E-state index contributed by atoms with van der Waals surface area (Å²) in [6.45, 7) is 2.98. The molecular formula is C26H24N2O7S. The van der Waals surface area contributed by atoms with E-state index >= 15 is 0 Å². The molecular weight excluding hydrogens is 484 g/mol. The number of esters is 2. The Morgan fingerprint density at radius 1 is 1.03 bits per heavy atom. The number of nitrogens with zero attached hydrogens (tertiary/aromatic N) is 2. The van der Waals surface area contributed by atoms with Crippen molar-refractivity contribution < 1.29 is 28.5 Å². The van der Waals surface area contributed by atoms with Gasteiger partial charge in [0.2, 0.25) is 0 Å². The van der Waals surface area contributed by atoms with E-state index in [-0.39, 0.29) is 22.6 Å². The van der Waals surface area contributed by atoms with Gasteiger partial charge in [-0.15, -0.1) is 0 Å². The van der Waals surface area contributed by atoms with E-state index in [1.165, 1.54) is 37.0 Å². The Hall–Kier alpha value is -4.18. The van der Waals surface area contributed by atoms with Crippen LogP contribution in [0.15, 0.2) is 63.5 Å². The van der Waals surface area contributed by atoms with Crippen LogP contribution in [0.4, 0.5) is 0 Å². The van der Waals surface area contributed by atoms with Gasteiger partial charge in [-0.25, -0.2) is 9.79 Å². The van der Waals surface area contributed by atoms with Crippen LogP contribution in [0.3, 0.4) is 0 Å². The zero-order valence-electron chi connectivity index (χ0n) is 20.4. The van der Waals surface area contributed by atoms with Crippen molar-refractivity contribution in [2.24, 2.45) is 4.99 Å². The molecule has 0 saturated heterocycles. The normalized spacial score (nSPS) is 15.1. The average molecular weight is 509 g/mol. The van der Waals surface area contributed by atoms with Gasteiger partial charge in [0, 0.05) is 12.5 Å². The number of carbonyl (C=O) groups excluding carboxylic acids is 2. The van der Waals surface area contributed by atoms with Crippen LogP contribution >= 0.6 is 11.3 Å². The first-order valence-corrected chi connectivity index (χ1v) is 11.7. The van der Waals surface area contributed by atoms with Crippen LogP contribution in [-0.4, -0.2) is 37.8 Å². The van der Waals surface area contributed by atoms with Crippen molar-refractivity contribution in [2.45, 2.75) is 19.9 Å². The molecule has 1 aliphatic rings. The quantitative estimate of drug-likeness (QED) is 0.372. The van der Waals surface area contributed by atoms with Gasteiger partial charge in [0.25, 0.3) is 5.56 Å². The molecule has 0 N–H and O–H groups in total.